The minimum Gasteiger partial charge on any atom is -0.366 e. The number of benzene rings is 1. The third-order valence-corrected chi connectivity index (χ3v) is 4.98. The molecule has 0 radical (unpaired) electrons. The van der Waals surface area contributed by atoms with Crippen molar-refractivity contribution < 1.29 is 9.50 Å². The molecule has 1 N–H and O–H groups in total. The summed E-state index contributed by atoms with van der Waals surface area (Å²) in [6, 6.07) is 9.85. The molecule has 23 heavy (non-hydrogen) atoms. The van der Waals surface area contributed by atoms with Gasteiger partial charge in [0.1, 0.15) is 5.82 Å². The van der Waals surface area contributed by atoms with E-state index in [0.717, 1.165) is 10.7 Å². The molecule has 1 fully saturated rings. The standard InChI is InChI=1S/C17H18FN3OS/c1-2-21-16(20-11-13-4-3-9-19-10-13)23-12-17(21,22)14-5-7-15(18)8-6-14/h3-10,22H,2,11-12H2,1H3. The molecule has 0 saturated carbocycles. The van der Waals surface area contributed by atoms with Gasteiger partial charge in [-0.05, 0) is 30.7 Å². The van der Waals surface area contributed by atoms with Gasteiger partial charge in [0.15, 0.2) is 10.9 Å². The van der Waals surface area contributed by atoms with Crippen molar-refractivity contribution in [1.29, 1.82) is 0 Å². The minimum atomic E-state index is -1.15. The van der Waals surface area contributed by atoms with Crippen LogP contribution in [-0.4, -0.2) is 32.5 Å². The fraction of sp³-hybridized carbons (Fsp3) is 0.294. The molecule has 2 heterocycles. The summed E-state index contributed by atoms with van der Waals surface area (Å²) in [7, 11) is 0. The Hall–Kier alpha value is -1.92. The quantitative estimate of drug-likeness (QED) is 0.936. The van der Waals surface area contributed by atoms with E-state index in [9.17, 15) is 9.50 Å². The van der Waals surface area contributed by atoms with Crippen molar-refractivity contribution in [2.45, 2.75) is 19.2 Å². The topological polar surface area (TPSA) is 48.7 Å². The maximum Gasteiger partial charge on any atom is 0.175 e. The Bertz CT molecular complexity index is 693. The van der Waals surface area contributed by atoms with Gasteiger partial charge < -0.3 is 10.0 Å². The van der Waals surface area contributed by atoms with Crippen molar-refractivity contribution in [2.75, 3.05) is 12.3 Å². The summed E-state index contributed by atoms with van der Waals surface area (Å²) in [4.78, 5) is 10.6. The molecule has 1 aromatic carbocycles. The Kier molecular flexibility index (Phi) is 4.63. The van der Waals surface area contributed by atoms with Crippen LogP contribution in [0.15, 0.2) is 53.8 Å². The van der Waals surface area contributed by atoms with E-state index in [1.165, 1.54) is 23.9 Å². The number of aliphatic hydroxyl groups is 1. The molecule has 3 rings (SSSR count). The second-order valence-electron chi connectivity index (χ2n) is 5.32. The molecule has 1 atom stereocenters. The SMILES string of the molecule is CCN1C(=NCc2cccnc2)SCC1(O)c1ccc(F)cc1. The zero-order chi connectivity index (χ0) is 16.3. The lowest BCUT2D eigenvalue weighted by Gasteiger charge is -2.33. The second kappa shape index (κ2) is 6.68. The largest absolute Gasteiger partial charge is 0.366 e. The highest BCUT2D eigenvalue weighted by Crippen LogP contribution is 2.38. The van der Waals surface area contributed by atoms with Gasteiger partial charge in [0, 0.05) is 24.5 Å². The Morgan fingerprint density at radius 1 is 1.35 bits per heavy atom. The van der Waals surface area contributed by atoms with Crippen LogP contribution in [0.3, 0.4) is 0 Å². The van der Waals surface area contributed by atoms with Crippen LogP contribution in [-0.2, 0) is 12.3 Å². The first-order chi connectivity index (χ1) is 11.1. The number of hydrogen-bond donors (Lipinski definition) is 1. The normalized spacial score (nSPS) is 22.7. The number of aromatic nitrogens is 1. The average Bonchev–Trinajstić information content (AvgIpc) is 2.91. The first-order valence-electron chi connectivity index (χ1n) is 7.45. The van der Waals surface area contributed by atoms with Crippen LogP contribution in [0.4, 0.5) is 4.39 Å². The number of halogens is 1. The Morgan fingerprint density at radius 2 is 2.13 bits per heavy atom. The van der Waals surface area contributed by atoms with Gasteiger partial charge >= 0.3 is 0 Å². The van der Waals surface area contributed by atoms with E-state index in [1.807, 2.05) is 24.0 Å². The smallest absolute Gasteiger partial charge is 0.175 e. The third kappa shape index (κ3) is 3.23. The summed E-state index contributed by atoms with van der Waals surface area (Å²) >= 11 is 1.51. The van der Waals surface area contributed by atoms with Crippen LogP contribution in [0.2, 0.25) is 0 Å². The number of rotatable bonds is 4. The molecule has 1 aliphatic rings. The lowest BCUT2D eigenvalue weighted by molar-refractivity contribution is -0.0454. The highest BCUT2D eigenvalue weighted by atomic mass is 32.2. The van der Waals surface area contributed by atoms with Gasteiger partial charge in [-0.15, -0.1) is 0 Å². The fourth-order valence-electron chi connectivity index (χ4n) is 2.61. The third-order valence-electron chi connectivity index (χ3n) is 3.82. The monoisotopic (exact) mass is 331 g/mol. The second-order valence-corrected chi connectivity index (χ2v) is 6.26. The average molecular weight is 331 g/mol. The highest BCUT2D eigenvalue weighted by molar-refractivity contribution is 8.14. The van der Waals surface area contributed by atoms with Crippen LogP contribution in [0.25, 0.3) is 0 Å². The summed E-state index contributed by atoms with van der Waals surface area (Å²) in [6.45, 7) is 3.11. The Balaban J connectivity index is 1.83. The van der Waals surface area contributed by atoms with Crippen LogP contribution in [0, 0.1) is 5.82 Å². The van der Waals surface area contributed by atoms with E-state index in [0.29, 0.717) is 24.4 Å². The fourth-order valence-corrected chi connectivity index (χ4v) is 3.86. The summed E-state index contributed by atoms with van der Waals surface area (Å²) in [5, 5.41) is 11.9. The number of amidine groups is 1. The van der Waals surface area contributed by atoms with Gasteiger partial charge in [0.05, 0.1) is 12.3 Å². The lowest BCUT2D eigenvalue weighted by atomic mass is 10.0. The lowest BCUT2D eigenvalue weighted by Crippen LogP contribution is -2.44. The molecule has 4 nitrogen and oxygen atoms in total. The van der Waals surface area contributed by atoms with E-state index in [1.54, 1.807) is 24.5 Å². The predicted molar refractivity (Wildman–Crippen MR) is 90.5 cm³/mol. The molecular weight excluding hydrogens is 313 g/mol. The van der Waals surface area contributed by atoms with Gasteiger partial charge in [0.25, 0.3) is 0 Å². The van der Waals surface area contributed by atoms with E-state index >= 15 is 0 Å². The van der Waals surface area contributed by atoms with Crippen molar-refractivity contribution in [3.63, 3.8) is 0 Å². The molecule has 0 bridgehead atoms. The molecule has 0 spiro atoms. The van der Waals surface area contributed by atoms with Crippen molar-refractivity contribution in [1.82, 2.24) is 9.88 Å². The molecule has 1 unspecified atom stereocenters. The first-order valence-corrected chi connectivity index (χ1v) is 8.44. The van der Waals surface area contributed by atoms with Crippen LogP contribution >= 0.6 is 11.8 Å². The van der Waals surface area contributed by atoms with Crippen LogP contribution < -0.4 is 0 Å². The first kappa shape index (κ1) is 16.0. The maximum absolute atomic E-state index is 13.1. The van der Waals surface area contributed by atoms with Crippen molar-refractivity contribution in [3.05, 3.63) is 65.7 Å². The molecular formula is C17H18FN3OS. The van der Waals surface area contributed by atoms with E-state index in [-0.39, 0.29) is 5.82 Å². The van der Waals surface area contributed by atoms with E-state index in [4.69, 9.17) is 0 Å². The Labute approximate surface area is 139 Å². The van der Waals surface area contributed by atoms with Gasteiger partial charge in [-0.2, -0.15) is 0 Å². The summed E-state index contributed by atoms with van der Waals surface area (Å²) in [5.41, 5.74) is 0.551. The summed E-state index contributed by atoms with van der Waals surface area (Å²) in [6.07, 6.45) is 3.51. The van der Waals surface area contributed by atoms with Crippen molar-refractivity contribution in [2.24, 2.45) is 4.99 Å². The zero-order valence-electron chi connectivity index (χ0n) is 12.8. The number of hydrogen-bond acceptors (Lipinski definition) is 4. The van der Waals surface area contributed by atoms with Crippen molar-refractivity contribution >= 4 is 16.9 Å². The molecule has 120 valence electrons. The number of thioether (sulfide) groups is 1. The molecule has 1 saturated heterocycles. The predicted octanol–water partition coefficient (Wildman–Crippen LogP) is 2.99. The number of nitrogens with zero attached hydrogens (tertiary/aromatic N) is 3. The number of aliphatic imine (C=N–C) groups is 1. The maximum atomic E-state index is 13.1. The molecule has 1 aliphatic heterocycles. The van der Waals surface area contributed by atoms with Gasteiger partial charge in [0.2, 0.25) is 0 Å². The molecule has 0 aliphatic carbocycles. The minimum absolute atomic E-state index is 0.309. The van der Waals surface area contributed by atoms with Gasteiger partial charge in [-0.1, -0.05) is 30.0 Å². The molecule has 1 aromatic heterocycles. The highest BCUT2D eigenvalue weighted by Gasteiger charge is 2.43. The Morgan fingerprint density at radius 3 is 2.78 bits per heavy atom. The van der Waals surface area contributed by atoms with Crippen LogP contribution in [0.5, 0.6) is 0 Å². The van der Waals surface area contributed by atoms with E-state index in [2.05, 4.69) is 9.98 Å². The van der Waals surface area contributed by atoms with Gasteiger partial charge in [-0.3, -0.25) is 9.98 Å². The molecule has 6 heteroatoms. The molecule has 0 amide bonds. The number of pyridine rings is 1. The van der Waals surface area contributed by atoms with Crippen LogP contribution in [0.1, 0.15) is 18.1 Å². The summed E-state index contributed by atoms with van der Waals surface area (Å²) in [5.74, 6) is 0.162. The van der Waals surface area contributed by atoms with Crippen molar-refractivity contribution in [3.8, 4) is 0 Å². The van der Waals surface area contributed by atoms with E-state index < -0.39 is 5.72 Å². The summed E-state index contributed by atoms with van der Waals surface area (Å²) < 4.78 is 13.1. The van der Waals surface area contributed by atoms with Gasteiger partial charge in [-0.25, -0.2) is 4.39 Å². The molecule has 2 aromatic rings. The zero-order valence-corrected chi connectivity index (χ0v) is 13.6.